The molecule has 1 amide bonds. The fraction of sp³-hybridized carbons (Fsp3) is 0.350. The molecule has 1 N–H and O–H groups in total. The molecule has 8 heteroatoms. The number of amides is 1. The van der Waals surface area contributed by atoms with Crippen LogP contribution in [0, 0.1) is 0 Å². The topological polar surface area (TPSA) is 75.7 Å². The number of rotatable bonds is 9. The highest BCUT2D eigenvalue weighted by Crippen LogP contribution is 2.22. The Kier molecular flexibility index (Phi) is 7.71. The molecule has 28 heavy (non-hydrogen) atoms. The van der Waals surface area contributed by atoms with Gasteiger partial charge in [0.05, 0.1) is 25.1 Å². The summed E-state index contributed by atoms with van der Waals surface area (Å²) < 4.78 is 30.6. The summed E-state index contributed by atoms with van der Waals surface area (Å²) in [6.07, 6.45) is 1.74. The highest BCUT2D eigenvalue weighted by atomic mass is 35.5. The van der Waals surface area contributed by atoms with Gasteiger partial charge in [0.25, 0.3) is 0 Å². The number of halogens is 1. The lowest BCUT2D eigenvalue weighted by Gasteiger charge is -2.22. The quantitative estimate of drug-likeness (QED) is 0.664. The number of hydrogen-bond acceptors (Lipinski definition) is 4. The lowest BCUT2D eigenvalue weighted by Crippen LogP contribution is -2.32. The van der Waals surface area contributed by atoms with Crippen LogP contribution in [0.2, 0.25) is 5.02 Å². The van der Waals surface area contributed by atoms with Crippen molar-refractivity contribution in [3.63, 3.8) is 0 Å². The molecule has 0 bridgehead atoms. The Labute approximate surface area is 171 Å². The monoisotopic (exact) mass is 424 g/mol. The average Bonchev–Trinajstić information content (AvgIpc) is 2.64. The minimum absolute atomic E-state index is 0.136. The van der Waals surface area contributed by atoms with E-state index in [2.05, 4.69) is 5.32 Å². The van der Waals surface area contributed by atoms with Gasteiger partial charge in [-0.3, -0.25) is 9.10 Å². The van der Waals surface area contributed by atoms with Crippen LogP contribution in [0.15, 0.2) is 48.5 Å². The molecule has 0 fully saturated rings. The third kappa shape index (κ3) is 6.42. The maximum Gasteiger partial charge on any atom is 0.232 e. The van der Waals surface area contributed by atoms with Crippen LogP contribution >= 0.6 is 11.6 Å². The SMILES string of the molecule is COc1ccc([C@@H](C)NC(=O)CCCN(c2cccc(Cl)c2)S(C)(=O)=O)cc1. The van der Waals surface area contributed by atoms with Crippen LogP contribution in [-0.2, 0) is 14.8 Å². The molecule has 0 aliphatic heterocycles. The molecule has 0 heterocycles. The molecule has 0 saturated heterocycles. The molecule has 6 nitrogen and oxygen atoms in total. The molecular formula is C20H25ClN2O4S. The van der Waals surface area contributed by atoms with Crippen molar-refractivity contribution in [2.24, 2.45) is 0 Å². The van der Waals surface area contributed by atoms with Crippen LogP contribution < -0.4 is 14.4 Å². The number of sulfonamides is 1. The van der Waals surface area contributed by atoms with Crippen LogP contribution in [0.4, 0.5) is 5.69 Å². The second-order valence-corrected chi connectivity index (χ2v) is 8.82. The summed E-state index contributed by atoms with van der Waals surface area (Å²) in [6.45, 7) is 2.10. The summed E-state index contributed by atoms with van der Waals surface area (Å²) in [7, 11) is -1.87. The largest absolute Gasteiger partial charge is 0.497 e. The van der Waals surface area contributed by atoms with E-state index in [1.54, 1.807) is 31.4 Å². The molecule has 2 aromatic rings. The number of nitrogens with zero attached hydrogens (tertiary/aromatic N) is 1. The summed E-state index contributed by atoms with van der Waals surface area (Å²) in [5, 5.41) is 3.38. The van der Waals surface area contributed by atoms with E-state index in [0.29, 0.717) is 17.1 Å². The second-order valence-electron chi connectivity index (χ2n) is 6.48. The van der Waals surface area contributed by atoms with Crippen LogP contribution in [0.3, 0.4) is 0 Å². The lowest BCUT2D eigenvalue weighted by atomic mass is 10.1. The molecule has 0 aliphatic carbocycles. The molecule has 0 aliphatic rings. The fourth-order valence-corrected chi connectivity index (χ4v) is 3.93. The van der Waals surface area contributed by atoms with Crippen molar-refractivity contribution in [2.75, 3.05) is 24.2 Å². The summed E-state index contributed by atoms with van der Waals surface area (Å²) in [4.78, 5) is 12.2. The van der Waals surface area contributed by atoms with Crippen molar-refractivity contribution in [3.05, 3.63) is 59.1 Å². The van der Waals surface area contributed by atoms with Crippen molar-refractivity contribution in [2.45, 2.75) is 25.8 Å². The smallest absolute Gasteiger partial charge is 0.232 e. The van der Waals surface area contributed by atoms with Crippen molar-refractivity contribution >= 4 is 33.2 Å². The normalized spacial score (nSPS) is 12.3. The summed E-state index contributed by atoms with van der Waals surface area (Å²) in [5.74, 6) is 0.618. The highest BCUT2D eigenvalue weighted by Gasteiger charge is 2.18. The van der Waals surface area contributed by atoms with E-state index in [1.165, 1.54) is 4.31 Å². The van der Waals surface area contributed by atoms with Gasteiger partial charge in [0.2, 0.25) is 15.9 Å². The molecule has 2 rings (SSSR count). The number of carbonyl (C=O) groups is 1. The zero-order chi connectivity index (χ0) is 20.7. The second kappa shape index (κ2) is 9.80. The third-order valence-corrected chi connectivity index (χ3v) is 5.68. The van der Waals surface area contributed by atoms with Crippen molar-refractivity contribution in [1.82, 2.24) is 5.32 Å². The van der Waals surface area contributed by atoms with Gasteiger partial charge in [-0.05, 0) is 49.2 Å². The number of ether oxygens (including phenoxy) is 1. The number of nitrogens with one attached hydrogen (secondary N) is 1. The molecule has 0 spiro atoms. The standard InChI is InChI=1S/C20H25ClN2O4S/c1-15(16-9-11-19(27-2)12-10-16)22-20(24)8-5-13-23(28(3,25)26)18-7-4-6-17(21)14-18/h4,6-7,9-12,14-15H,5,8,13H2,1-3H3,(H,22,24)/t15-/m1/s1. The summed E-state index contributed by atoms with van der Waals surface area (Å²) in [6, 6.07) is 14.0. The Balaban J connectivity index is 1.91. The van der Waals surface area contributed by atoms with E-state index in [0.717, 1.165) is 17.6 Å². The summed E-state index contributed by atoms with van der Waals surface area (Å²) >= 11 is 5.96. The zero-order valence-electron chi connectivity index (χ0n) is 16.2. The molecular weight excluding hydrogens is 400 g/mol. The minimum Gasteiger partial charge on any atom is -0.497 e. The maximum atomic E-state index is 12.2. The van der Waals surface area contributed by atoms with Gasteiger partial charge in [-0.1, -0.05) is 29.8 Å². The van der Waals surface area contributed by atoms with Crippen molar-refractivity contribution in [3.8, 4) is 5.75 Å². The first-order valence-corrected chi connectivity index (χ1v) is 11.1. The molecule has 1 atom stereocenters. The predicted octanol–water partition coefficient (Wildman–Crippen LogP) is 3.77. The number of methoxy groups -OCH3 is 1. The minimum atomic E-state index is -3.47. The Morgan fingerprint density at radius 1 is 1.21 bits per heavy atom. The average molecular weight is 425 g/mol. The molecule has 0 aromatic heterocycles. The van der Waals surface area contributed by atoms with Crippen LogP contribution in [0.25, 0.3) is 0 Å². The number of anilines is 1. The maximum absolute atomic E-state index is 12.2. The van der Waals surface area contributed by atoms with Gasteiger partial charge in [-0.25, -0.2) is 8.42 Å². The van der Waals surface area contributed by atoms with Gasteiger partial charge < -0.3 is 10.1 Å². The Morgan fingerprint density at radius 2 is 1.89 bits per heavy atom. The van der Waals surface area contributed by atoms with Crippen molar-refractivity contribution in [1.29, 1.82) is 0 Å². The summed E-state index contributed by atoms with van der Waals surface area (Å²) in [5.41, 5.74) is 1.45. The number of carbonyl (C=O) groups excluding carboxylic acids is 1. The Hall–Kier alpha value is -2.25. The van der Waals surface area contributed by atoms with E-state index in [9.17, 15) is 13.2 Å². The Morgan fingerprint density at radius 3 is 2.46 bits per heavy atom. The van der Waals surface area contributed by atoms with Crippen LogP contribution in [-0.4, -0.2) is 34.2 Å². The predicted molar refractivity (Wildman–Crippen MR) is 112 cm³/mol. The number of hydrogen-bond donors (Lipinski definition) is 1. The fourth-order valence-electron chi connectivity index (χ4n) is 2.79. The molecule has 2 aromatic carbocycles. The molecule has 0 unspecified atom stereocenters. The molecule has 0 saturated carbocycles. The Bertz CT molecular complexity index is 901. The molecule has 0 radical (unpaired) electrons. The lowest BCUT2D eigenvalue weighted by molar-refractivity contribution is -0.121. The van der Waals surface area contributed by atoms with Gasteiger partial charge in [-0.15, -0.1) is 0 Å². The zero-order valence-corrected chi connectivity index (χ0v) is 17.8. The van der Waals surface area contributed by atoms with E-state index in [4.69, 9.17) is 16.3 Å². The first-order valence-electron chi connectivity index (χ1n) is 8.87. The third-order valence-electron chi connectivity index (χ3n) is 4.25. The highest BCUT2D eigenvalue weighted by molar-refractivity contribution is 7.92. The van der Waals surface area contributed by atoms with E-state index in [-0.39, 0.29) is 24.9 Å². The van der Waals surface area contributed by atoms with Gasteiger partial charge in [0, 0.05) is 18.0 Å². The van der Waals surface area contributed by atoms with E-state index >= 15 is 0 Å². The number of benzene rings is 2. The first kappa shape index (κ1) is 22.0. The van der Waals surface area contributed by atoms with Crippen molar-refractivity contribution < 1.29 is 17.9 Å². The van der Waals surface area contributed by atoms with Gasteiger partial charge in [0.1, 0.15) is 5.75 Å². The van der Waals surface area contributed by atoms with E-state index < -0.39 is 10.0 Å². The van der Waals surface area contributed by atoms with Crippen LogP contribution in [0.5, 0.6) is 5.75 Å². The van der Waals surface area contributed by atoms with Gasteiger partial charge >= 0.3 is 0 Å². The van der Waals surface area contributed by atoms with Gasteiger partial charge in [0.15, 0.2) is 0 Å². The van der Waals surface area contributed by atoms with Gasteiger partial charge in [-0.2, -0.15) is 0 Å². The van der Waals surface area contributed by atoms with Crippen LogP contribution in [0.1, 0.15) is 31.4 Å². The molecule has 152 valence electrons. The van der Waals surface area contributed by atoms with E-state index in [1.807, 2.05) is 31.2 Å². The first-order chi connectivity index (χ1) is 13.2.